The van der Waals surface area contributed by atoms with E-state index in [0.29, 0.717) is 17.9 Å². The molecule has 0 aliphatic rings. The fraction of sp³-hybridized carbons (Fsp3) is 0.357. The number of aryl methyl sites for hydroxylation is 3. The molecule has 0 bridgehead atoms. The highest BCUT2D eigenvalue weighted by Crippen LogP contribution is 2.20. The number of carboxylic acid groups (broad SMARTS) is 1. The molecular formula is C14H18N4O3. The normalized spacial score (nSPS) is 10.6. The van der Waals surface area contributed by atoms with Crippen LogP contribution in [0, 0.1) is 6.92 Å². The molecule has 0 aromatic carbocycles. The molecule has 0 saturated carbocycles. The molecular weight excluding hydrogens is 272 g/mol. The highest BCUT2D eigenvalue weighted by molar-refractivity contribution is 6.07. The van der Waals surface area contributed by atoms with E-state index in [0.717, 1.165) is 12.1 Å². The lowest BCUT2D eigenvalue weighted by molar-refractivity contribution is 0.0697. The lowest BCUT2D eigenvalue weighted by Crippen LogP contribution is -2.18. The Morgan fingerprint density at radius 3 is 2.71 bits per heavy atom. The largest absolute Gasteiger partial charge is 0.478 e. The zero-order chi connectivity index (χ0) is 15.6. The molecule has 7 nitrogen and oxygen atoms in total. The summed E-state index contributed by atoms with van der Waals surface area (Å²) in [6, 6.07) is 1.72. The van der Waals surface area contributed by atoms with Crippen LogP contribution in [0.15, 0.2) is 12.3 Å². The summed E-state index contributed by atoms with van der Waals surface area (Å²) in [5.41, 5.74) is 2.07. The molecule has 0 unspecified atom stereocenters. The number of anilines is 1. The molecule has 0 radical (unpaired) electrons. The zero-order valence-corrected chi connectivity index (χ0v) is 12.2. The Hall–Kier alpha value is -2.57. The topological polar surface area (TPSA) is 100 Å². The Balaban J connectivity index is 2.30. The van der Waals surface area contributed by atoms with Crippen molar-refractivity contribution < 1.29 is 14.7 Å². The molecule has 2 aromatic heterocycles. The highest BCUT2D eigenvalue weighted by atomic mass is 16.4. The van der Waals surface area contributed by atoms with E-state index in [2.05, 4.69) is 15.4 Å². The van der Waals surface area contributed by atoms with Crippen molar-refractivity contribution in [1.82, 2.24) is 14.8 Å². The lowest BCUT2D eigenvalue weighted by atomic mass is 10.2. The van der Waals surface area contributed by atoms with Crippen LogP contribution >= 0.6 is 0 Å². The van der Waals surface area contributed by atoms with Gasteiger partial charge in [-0.2, -0.15) is 5.10 Å². The van der Waals surface area contributed by atoms with Gasteiger partial charge in [-0.3, -0.25) is 9.48 Å². The first-order chi connectivity index (χ1) is 9.97. The van der Waals surface area contributed by atoms with Gasteiger partial charge in [0, 0.05) is 18.4 Å². The van der Waals surface area contributed by atoms with Gasteiger partial charge in [0.25, 0.3) is 5.91 Å². The maximum Gasteiger partial charge on any atom is 0.339 e. The summed E-state index contributed by atoms with van der Waals surface area (Å²) in [7, 11) is 0. The van der Waals surface area contributed by atoms with Crippen LogP contribution < -0.4 is 5.32 Å². The standard InChI is InChI=1S/C14H18N4O3/c1-4-9-6-11(18(5-2)17-9)13(19)16-10-7-15-8(3)12(10)14(20)21/h6-7,15H,4-5H2,1-3H3,(H,16,19)(H,20,21). The van der Waals surface area contributed by atoms with Crippen molar-refractivity contribution in [2.75, 3.05) is 5.32 Å². The average Bonchev–Trinajstić information content (AvgIpc) is 3.02. The van der Waals surface area contributed by atoms with E-state index in [1.807, 2.05) is 13.8 Å². The van der Waals surface area contributed by atoms with E-state index >= 15 is 0 Å². The molecule has 0 atom stereocenters. The van der Waals surface area contributed by atoms with Crippen molar-refractivity contribution in [2.45, 2.75) is 33.7 Å². The second-order valence-corrected chi connectivity index (χ2v) is 4.65. The zero-order valence-electron chi connectivity index (χ0n) is 12.2. The van der Waals surface area contributed by atoms with Crippen molar-refractivity contribution >= 4 is 17.6 Å². The van der Waals surface area contributed by atoms with E-state index < -0.39 is 5.97 Å². The van der Waals surface area contributed by atoms with Crippen molar-refractivity contribution in [3.05, 3.63) is 34.9 Å². The van der Waals surface area contributed by atoms with Crippen LogP contribution in [0.5, 0.6) is 0 Å². The van der Waals surface area contributed by atoms with Crippen LogP contribution in [-0.4, -0.2) is 31.7 Å². The second-order valence-electron chi connectivity index (χ2n) is 4.65. The Morgan fingerprint density at radius 2 is 2.14 bits per heavy atom. The van der Waals surface area contributed by atoms with Crippen molar-refractivity contribution in [2.24, 2.45) is 0 Å². The quantitative estimate of drug-likeness (QED) is 0.784. The second kappa shape index (κ2) is 5.82. The Morgan fingerprint density at radius 1 is 1.43 bits per heavy atom. The number of hydrogen-bond donors (Lipinski definition) is 3. The van der Waals surface area contributed by atoms with Gasteiger partial charge in [-0.15, -0.1) is 0 Å². The summed E-state index contributed by atoms with van der Waals surface area (Å²) in [6.07, 6.45) is 2.21. The number of aromatic amines is 1. The summed E-state index contributed by atoms with van der Waals surface area (Å²) in [5.74, 6) is -1.45. The Bertz CT molecular complexity index is 684. The molecule has 3 N–H and O–H groups in total. The first kappa shape index (κ1) is 14.8. The van der Waals surface area contributed by atoms with Crippen LogP contribution in [0.2, 0.25) is 0 Å². The smallest absolute Gasteiger partial charge is 0.339 e. The van der Waals surface area contributed by atoms with Crippen LogP contribution in [0.4, 0.5) is 5.69 Å². The van der Waals surface area contributed by atoms with Crippen molar-refractivity contribution in [1.29, 1.82) is 0 Å². The van der Waals surface area contributed by atoms with Gasteiger partial charge in [0.1, 0.15) is 11.3 Å². The predicted octanol–water partition coefficient (Wildman–Crippen LogP) is 2.05. The fourth-order valence-electron chi connectivity index (χ4n) is 2.15. The number of aromatic carboxylic acids is 1. The molecule has 0 aliphatic heterocycles. The Labute approximate surface area is 122 Å². The number of amides is 1. The molecule has 7 heteroatoms. The minimum Gasteiger partial charge on any atom is -0.478 e. The number of aromatic nitrogens is 3. The van der Waals surface area contributed by atoms with Crippen LogP contribution in [0.25, 0.3) is 0 Å². The minimum absolute atomic E-state index is 0.0710. The molecule has 2 heterocycles. The van der Waals surface area contributed by atoms with Gasteiger partial charge in [0.2, 0.25) is 0 Å². The summed E-state index contributed by atoms with van der Waals surface area (Å²) >= 11 is 0. The molecule has 0 fully saturated rings. The summed E-state index contributed by atoms with van der Waals surface area (Å²) in [5, 5.41) is 16.1. The molecule has 112 valence electrons. The van der Waals surface area contributed by atoms with Gasteiger partial charge in [-0.25, -0.2) is 4.79 Å². The molecule has 0 aliphatic carbocycles. The fourth-order valence-corrected chi connectivity index (χ4v) is 2.15. The van der Waals surface area contributed by atoms with Gasteiger partial charge in [0.05, 0.1) is 11.4 Å². The number of carbonyl (C=O) groups is 2. The summed E-state index contributed by atoms with van der Waals surface area (Å²) < 4.78 is 1.61. The summed E-state index contributed by atoms with van der Waals surface area (Å²) in [4.78, 5) is 26.3. The van der Waals surface area contributed by atoms with E-state index in [4.69, 9.17) is 0 Å². The van der Waals surface area contributed by atoms with E-state index in [1.54, 1.807) is 17.7 Å². The summed E-state index contributed by atoms with van der Waals surface area (Å²) in [6.45, 7) is 6.07. The SMILES string of the molecule is CCc1cc(C(=O)Nc2c[nH]c(C)c2C(=O)O)n(CC)n1. The molecule has 2 rings (SSSR count). The maximum atomic E-state index is 12.3. The number of nitrogens with zero attached hydrogens (tertiary/aromatic N) is 2. The van der Waals surface area contributed by atoms with Crippen molar-refractivity contribution in [3.8, 4) is 0 Å². The van der Waals surface area contributed by atoms with Crippen molar-refractivity contribution in [3.63, 3.8) is 0 Å². The number of carboxylic acids is 1. The first-order valence-corrected chi connectivity index (χ1v) is 6.77. The van der Waals surface area contributed by atoms with E-state index in [1.165, 1.54) is 6.20 Å². The number of carbonyl (C=O) groups excluding carboxylic acids is 1. The third-order valence-corrected chi connectivity index (χ3v) is 3.26. The third-order valence-electron chi connectivity index (χ3n) is 3.26. The van der Waals surface area contributed by atoms with Crippen LogP contribution in [0.3, 0.4) is 0 Å². The first-order valence-electron chi connectivity index (χ1n) is 6.77. The number of rotatable bonds is 5. The number of hydrogen-bond acceptors (Lipinski definition) is 3. The number of H-pyrrole nitrogens is 1. The molecule has 1 amide bonds. The van der Waals surface area contributed by atoms with E-state index in [9.17, 15) is 14.7 Å². The lowest BCUT2D eigenvalue weighted by Gasteiger charge is -2.06. The van der Waals surface area contributed by atoms with Gasteiger partial charge >= 0.3 is 5.97 Å². The van der Waals surface area contributed by atoms with Gasteiger partial charge < -0.3 is 15.4 Å². The maximum absolute atomic E-state index is 12.3. The van der Waals surface area contributed by atoms with Crippen LogP contribution in [-0.2, 0) is 13.0 Å². The Kier molecular flexibility index (Phi) is 4.11. The monoisotopic (exact) mass is 290 g/mol. The molecule has 2 aromatic rings. The highest BCUT2D eigenvalue weighted by Gasteiger charge is 2.20. The molecule has 0 spiro atoms. The number of nitrogens with one attached hydrogen (secondary N) is 2. The van der Waals surface area contributed by atoms with Gasteiger partial charge in [-0.05, 0) is 26.3 Å². The average molecular weight is 290 g/mol. The molecule has 0 saturated heterocycles. The van der Waals surface area contributed by atoms with E-state index in [-0.39, 0.29) is 17.2 Å². The third kappa shape index (κ3) is 2.81. The molecule has 21 heavy (non-hydrogen) atoms. The van der Waals surface area contributed by atoms with Crippen LogP contribution in [0.1, 0.15) is 46.1 Å². The van der Waals surface area contributed by atoms with Gasteiger partial charge in [-0.1, -0.05) is 6.92 Å². The minimum atomic E-state index is -1.08. The predicted molar refractivity (Wildman–Crippen MR) is 77.7 cm³/mol. The van der Waals surface area contributed by atoms with Gasteiger partial charge in [0.15, 0.2) is 0 Å².